The highest BCUT2D eigenvalue weighted by molar-refractivity contribution is 5.91. The quantitative estimate of drug-likeness (QED) is 0.635. The smallest absolute Gasteiger partial charge is 0.320 e. The van der Waals surface area contributed by atoms with Crippen LogP contribution in [-0.4, -0.2) is 11.9 Å². The first kappa shape index (κ1) is 15.0. The average molecular weight is 282 g/mol. The Hall–Kier alpha value is -2.42. The van der Waals surface area contributed by atoms with Crippen LogP contribution in [0.25, 0.3) is 0 Å². The van der Waals surface area contributed by atoms with Crippen LogP contribution >= 0.6 is 0 Å². The van der Waals surface area contributed by atoms with Gasteiger partial charge in [0, 0.05) is 0 Å². The SMILES string of the molecule is C[C@H](C(=O)OC(=O)[C@H](C)c1ccccc1)c1ccccc1. The maximum absolute atomic E-state index is 12.0. The van der Waals surface area contributed by atoms with Crippen molar-refractivity contribution in [2.75, 3.05) is 0 Å². The predicted molar refractivity (Wildman–Crippen MR) is 80.8 cm³/mol. The number of carbonyl (C=O) groups is 2. The van der Waals surface area contributed by atoms with Gasteiger partial charge in [-0.3, -0.25) is 9.59 Å². The number of rotatable bonds is 4. The molecule has 0 unspecified atom stereocenters. The van der Waals surface area contributed by atoms with Gasteiger partial charge in [0.2, 0.25) is 0 Å². The molecule has 0 bridgehead atoms. The first-order chi connectivity index (χ1) is 10.1. The van der Waals surface area contributed by atoms with E-state index in [0.717, 1.165) is 11.1 Å². The summed E-state index contributed by atoms with van der Waals surface area (Å²) >= 11 is 0. The molecule has 2 atom stereocenters. The summed E-state index contributed by atoms with van der Waals surface area (Å²) in [5, 5.41) is 0. The summed E-state index contributed by atoms with van der Waals surface area (Å²) in [7, 11) is 0. The van der Waals surface area contributed by atoms with Crippen LogP contribution in [0.2, 0.25) is 0 Å². The summed E-state index contributed by atoms with van der Waals surface area (Å²) in [6.07, 6.45) is 0. The molecule has 3 nitrogen and oxygen atoms in total. The molecule has 0 saturated heterocycles. The van der Waals surface area contributed by atoms with Crippen LogP contribution in [0.4, 0.5) is 0 Å². The van der Waals surface area contributed by atoms with E-state index in [9.17, 15) is 9.59 Å². The zero-order chi connectivity index (χ0) is 15.2. The highest BCUT2D eigenvalue weighted by atomic mass is 16.6. The molecule has 0 aliphatic heterocycles. The Morgan fingerprint density at radius 2 is 1.05 bits per heavy atom. The highest BCUT2D eigenvalue weighted by Crippen LogP contribution is 2.20. The van der Waals surface area contributed by atoms with Gasteiger partial charge >= 0.3 is 11.9 Å². The summed E-state index contributed by atoms with van der Waals surface area (Å²) < 4.78 is 5.00. The summed E-state index contributed by atoms with van der Waals surface area (Å²) in [6, 6.07) is 18.6. The molecule has 0 fully saturated rings. The summed E-state index contributed by atoms with van der Waals surface area (Å²) in [4.78, 5) is 24.1. The lowest BCUT2D eigenvalue weighted by molar-refractivity contribution is -0.161. The van der Waals surface area contributed by atoms with Crippen molar-refractivity contribution in [2.45, 2.75) is 25.7 Å². The van der Waals surface area contributed by atoms with Gasteiger partial charge in [-0.2, -0.15) is 0 Å². The first-order valence-electron chi connectivity index (χ1n) is 6.95. The van der Waals surface area contributed by atoms with Gasteiger partial charge in [-0.05, 0) is 25.0 Å². The Balaban J connectivity index is 2.01. The molecule has 0 aliphatic rings. The maximum atomic E-state index is 12.0. The van der Waals surface area contributed by atoms with E-state index in [1.54, 1.807) is 13.8 Å². The lowest BCUT2D eigenvalue weighted by atomic mass is 10.0. The molecule has 3 heteroatoms. The van der Waals surface area contributed by atoms with Gasteiger partial charge in [0.25, 0.3) is 0 Å². The third-order valence-corrected chi connectivity index (χ3v) is 3.51. The van der Waals surface area contributed by atoms with Crippen molar-refractivity contribution in [1.29, 1.82) is 0 Å². The van der Waals surface area contributed by atoms with Crippen molar-refractivity contribution in [3.05, 3.63) is 71.8 Å². The minimum atomic E-state index is -0.519. The minimum absolute atomic E-state index is 0.460. The Bertz CT molecular complexity index is 549. The summed E-state index contributed by atoms with van der Waals surface area (Å²) in [5.41, 5.74) is 1.67. The molecule has 2 aromatic carbocycles. The van der Waals surface area contributed by atoms with Gasteiger partial charge in [-0.1, -0.05) is 60.7 Å². The molecule has 0 saturated carbocycles. The summed E-state index contributed by atoms with van der Waals surface area (Å²) in [6.45, 7) is 3.47. The zero-order valence-electron chi connectivity index (χ0n) is 12.2. The van der Waals surface area contributed by atoms with Crippen molar-refractivity contribution in [3.63, 3.8) is 0 Å². The molecule has 0 radical (unpaired) electrons. The van der Waals surface area contributed by atoms with Gasteiger partial charge in [-0.15, -0.1) is 0 Å². The second kappa shape index (κ2) is 6.84. The Labute approximate surface area is 124 Å². The molecule has 2 rings (SSSR count). The number of benzene rings is 2. The Morgan fingerprint density at radius 1 is 0.714 bits per heavy atom. The van der Waals surface area contributed by atoms with Gasteiger partial charge in [0.15, 0.2) is 0 Å². The van der Waals surface area contributed by atoms with Crippen LogP contribution in [0.15, 0.2) is 60.7 Å². The normalized spacial score (nSPS) is 13.2. The zero-order valence-corrected chi connectivity index (χ0v) is 12.2. The standard InChI is InChI=1S/C18H18O3/c1-13(15-9-5-3-6-10-15)17(19)21-18(20)14(2)16-11-7-4-8-12-16/h3-14H,1-2H3/t13-,14+. The molecule has 21 heavy (non-hydrogen) atoms. The van der Waals surface area contributed by atoms with Crippen LogP contribution in [0.1, 0.15) is 36.8 Å². The topological polar surface area (TPSA) is 43.4 Å². The number of hydrogen-bond donors (Lipinski definition) is 0. The van der Waals surface area contributed by atoms with Crippen molar-refractivity contribution in [3.8, 4) is 0 Å². The molecular formula is C18H18O3. The van der Waals surface area contributed by atoms with E-state index in [0.29, 0.717) is 0 Å². The largest absolute Gasteiger partial charge is 0.392 e. The number of ether oxygens (including phenoxy) is 1. The van der Waals surface area contributed by atoms with E-state index >= 15 is 0 Å². The Kier molecular flexibility index (Phi) is 4.88. The molecule has 2 aromatic rings. The van der Waals surface area contributed by atoms with Gasteiger partial charge in [-0.25, -0.2) is 0 Å². The molecule has 0 aromatic heterocycles. The minimum Gasteiger partial charge on any atom is -0.392 e. The highest BCUT2D eigenvalue weighted by Gasteiger charge is 2.24. The van der Waals surface area contributed by atoms with E-state index in [-0.39, 0.29) is 0 Å². The maximum Gasteiger partial charge on any atom is 0.320 e. The van der Waals surface area contributed by atoms with E-state index in [1.165, 1.54) is 0 Å². The third-order valence-electron chi connectivity index (χ3n) is 3.51. The van der Waals surface area contributed by atoms with Crippen LogP contribution in [0, 0.1) is 0 Å². The molecule has 108 valence electrons. The summed E-state index contributed by atoms with van der Waals surface area (Å²) in [5.74, 6) is -1.96. The number of carbonyl (C=O) groups excluding carboxylic acids is 2. The van der Waals surface area contributed by atoms with Gasteiger partial charge in [0.1, 0.15) is 0 Å². The van der Waals surface area contributed by atoms with Gasteiger partial charge in [0.05, 0.1) is 11.8 Å². The van der Waals surface area contributed by atoms with E-state index in [4.69, 9.17) is 4.74 Å². The number of hydrogen-bond acceptors (Lipinski definition) is 3. The van der Waals surface area contributed by atoms with Crippen LogP contribution in [0.5, 0.6) is 0 Å². The fraction of sp³-hybridized carbons (Fsp3) is 0.222. The lowest BCUT2D eigenvalue weighted by Crippen LogP contribution is -2.21. The molecule has 0 aliphatic carbocycles. The second-order valence-electron chi connectivity index (χ2n) is 5.00. The van der Waals surface area contributed by atoms with E-state index in [2.05, 4.69) is 0 Å². The molecule has 0 amide bonds. The number of esters is 2. The lowest BCUT2D eigenvalue weighted by Gasteiger charge is -2.14. The van der Waals surface area contributed by atoms with Crippen molar-refractivity contribution < 1.29 is 14.3 Å². The van der Waals surface area contributed by atoms with Crippen molar-refractivity contribution >= 4 is 11.9 Å². The monoisotopic (exact) mass is 282 g/mol. The third kappa shape index (κ3) is 3.78. The Morgan fingerprint density at radius 3 is 1.38 bits per heavy atom. The van der Waals surface area contributed by atoms with Crippen LogP contribution in [-0.2, 0) is 14.3 Å². The second-order valence-corrected chi connectivity index (χ2v) is 5.00. The molecular weight excluding hydrogens is 264 g/mol. The van der Waals surface area contributed by atoms with Crippen LogP contribution < -0.4 is 0 Å². The molecule has 0 N–H and O–H groups in total. The molecule has 0 spiro atoms. The van der Waals surface area contributed by atoms with E-state index in [1.807, 2.05) is 60.7 Å². The van der Waals surface area contributed by atoms with Crippen molar-refractivity contribution in [1.82, 2.24) is 0 Å². The van der Waals surface area contributed by atoms with Crippen molar-refractivity contribution in [2.24, 2.45) is 0 Å². The predicted octanol–water partition coefficient (Wildman–Crippen LogP) is 3.66. The fourth-order valence-electron chi connectivity index (χ4n) is 2.03. The van der Waals surface area contributed by atoms with Gasteiger partial charge < -0.3 is 4.74 Å². The molecule has 0 heterocycles. The van der Waals surface area contributed by atoms with Crippen LogP contribution in [0.3, 0.4) is 0 Å². The first-order valence-corrected chi connectivity index (χ1v) is 6.95. The fourth-order valence-corrected chi connectivity index (χ4v) is 2.03. The average Bonchev–Trinajstić information content (AvgIpc) is 2.55. The van der Waals surface area contributed by atoms with E-state index < -0.39 is 23.8 Å².